The van der Waals surface area contributed by atoms with Crippen molar-refractivity contribution in [3.8, 4) is 0 Å². The molecule has 0 N–H and O–H groups in total. The molecule has 1 aromatic carbocycles. The van der Waals surface area contributed by atoms with Crippen LogP contribution in [-0.2, 0) is 4.79 Å². The van der Waals surface area contributed by atoms with Crippen molar-refractivity contribution < 1.29 is 14.4 Å². The normalized spacial score (nSPS) is 20.0. The number of ketones is 1. The van der Waals surface area contributed by atoms with E-state index in [1.165, 1.54) is 6.92 Å². The average molecular weight is 342 g/mol. The van der Waals surface area contributed by atoms with Crippen molar-refractivity contribution in [2.24, 2.45) is 5.41 Å². The highest BCUT2D eigenvalue weighted by molar-refractivity contribution is 6.07. The van der Waals surface area contributed by atoms with Crippen molar-refractivity contribution in [1.82, 2.24) is 9.80 Å². The zero-order valence-electron chi connectivity index (χ0n) is 15.1. The predicted molar refractivity (Wildman–Crippen MR) is 95.5 cm³/mol. The number of benzene rings is 1. The smallest absolute Gasteiger partial charge is 0.254 e. The number of likely N-dealkylation sites (tertiary alicyclic amines) is 2. The zero-order chi connectivity index (χ0) is 18.0. The van der Waals surface area contributed by atoms with Crippen LogP contribution in [0.15, 0.2) is 24.3 Å². The molecule has 1 aromatic rings. The summed E-state index contributed by atoms with van der Waals surface area (Å²) in [4.78, 5) is 40.4. The van der Waals surface area contributed by atoms with E-state index in [2.05, 4.69) is 0 Å². The van der Waals surface area contributed by atoms with Crippen LogP contribution in [0.4, 0.5) is 0 Å². The van der Waals surface area contributed by atoms with Gasteiger partial charge < -0.3 is 9.80 Å². The van der Waals surface area contributed by atoms with Crippen LogP contribution in [0.25, 0.3) is 0 Å². The summed E-state index contributed by atoms with van der Waals surface area (Å²) in [5.41, 5.74) is 1.15. The van der Waals surface area contributed by atoms with Gasteiger partial charge in [0.1, 0.15) is 0 Å². The maximum atomic E-state index is 12.9. The molecule has 3 rings (SSSR count). The van der Waals surface area contributed by atoms with Gasteiger partial charge in [0.05, 0.1) is 5.56 Å². The molecule has 5 heteroatoms. The van der Waals surface area contributed by atoms with Crippen molar-refractivity contribution in [3.05, 3.63) is 35.4 Å². The molecular formula is C20H26N2O3. The number of nitrogens with zero attached hydrogens (tertiary/aromatic N) is 2. The number of carbonyl (C=O) groups excluding carboxylic acids is 3. The molecule has 2 aliphatic rings. The third-order valence-electron chi connectivity index (χ3n) is 5.78. The molecule has 2 aliphatic heterocycles. The monoisotopic (exact) mass is 342 g/mol. The fraction of sp³-hybridized carbons (Fsp3) is 0.550. The van der Waals surface area contributed by atoms with Crippen molar-refractivity contribution in [3.63, 3.8) is 0 Å². The molecule has 25 heavy (non-hydrogen) atoms. The highest BCUT2D eigenvalue weighted by atomic mass is 16.2. The Hall–Kier alpha value is -2.17. The summed E-state index contributed by atoms with van der Waals surface area (Å²) in [6.07, 6.45) is 3.39. The SMILES string of the molecule is CCN1CC2(CCC1=O)CCN(C(=O)c1ccccc1C(C)=O)CC2. The summed E-state index contributed by atoms with van der Waals surface area (Å²) >= 11 is 0. The van der Waals surface area contributed by atoms with E-state index in [1.54, 1.807) is 24.3 Å². The molecule has 0 atom stereocenters. The Kier molecular flexibility index (Phi) is 4.93. The van der Waals surface area contributed by atoms with E-state index in [9.17, 15) is 14.4 Å². The molecule has 2 amide bonds. The van der Waals surface area contributed by atoms with Gasteiger partial charge in [-0.15, -0.1) is 0 Å². The van der Waals surface area contributed by atoms with E-state index in [4.69, 9.17) is 0 Å². The number of Topliss-reactive ketones (excluding diaryl/α,β-unsaturated/α-hetero) is 1. The Morgan fingerprint density at radius 1 is 1.08 bits per heavy atom. The van der Waals surface area contributed by atoms with E-state index in [1.807, 2.05) is 16.7 Å². The Bertz CT molecular complexity index is 690. The number of hydrogen-bond donors (Lipinski definition) is 0. The lowest BCUT2D eigenvalue weighted by Crippen LogP contribution is -2.52. The zero-order valence-corrected chi connectivity index (χ0v) is 15.1. The van der Waals surface area contributed by atoms with E-state index in [-0.39, 0.29) is 23.0 Å². The summed E-state index contributed by atoms with van der Waals surface area (Å²) in [5, 5.41) is 0. The van der Waals surface area contributed by atoms with Crippen LogP contribution in [0.1, 0.15) is 60.2 Å². The summed E-state index contributed by atoms with van der Waals surface area (Å²) in [5.74, 6) is 0.115. The number of rotatable bonds is 3. The Morgan fingerprint density at radius 3 is 2.32 bits per heavy atom. The van der Waals surface area contributed by atoms with Gasteiger partial charge in [-0.1, -0.05) is 18.2 Å². The molecule has 2 saturated heterocycles. The van der Waals surface area contributed by atoms with Gasteiger partial charge >= 0.3 is 0 Å². The van der Waals surface area contributed by atoms with E-state index < -0.39 is 0 Å². The first-order valence-electron chi connectivity index (χ1n) is 9.13. The third kappa shape index (κ3) is 3.46. The topological polar surface area (TPSA) is 57.7 Å². The van der Waals surface area contributed by atoms with E-state index in [0.717, 1.165) is 32.4 Å². The fourth-order valence-electron chi connectivity index (χ4n) is 4.13. The second kappa shape index (κ2) is 6.98. The molecule has 0 aromatic heterocycles. The standard InChI is InChI=1S/C20H26N2O3/c1-3-21-14-20(9-8-18(21)24)10-12-22(13-11-20)19(25)17-7-5-4-6-16(17)15(2)23/h4-7H,3,8-14H2,1-2H3. The molecule has 5 nitrogen and oxygen atoms in total. The van der Waals surface area contributed by atoms with Gasteiger partial charge in [-0.3, -0.25) is 14.4 Å². The number of hydrogen-bond acceptors (Lipinski definition) is 3. The summed E-state index contributed by atoms with van der Waals surface area (Å²) in [7, 11) is 0. The van der Waals surface area contributed by atoms with E-state index >= 15 is 0 Å². The van der Waals surface area contributed by atoms with Gasteiger partial charge in [0.2, 0.25) is 5.91 Å². The largest absolute Gasteiger partial charge is 0.342 e. The highest BCUT2D eigenvalue weighted by Gasteiger charge is 2.41. The van der Waals surface area contributed by atoms with Crippen molar-refractivity contribution >= 4 is 17.6 Å². The predicted octanol–water partition coefficient (Wildman–Crippen LogP) is 2.75. The molecule has 1 spiro atoms. The highest BCUT2D eigenvalue weighted by Crippen LogP contribution is 2.40. The number of carbonyl (C=O) groups is 3. The summed E-state index contributed by atoms with van der Waals surface area (Å²) in [6, 6.07) is 7.04. The second-order valence-corrected chi connectivity index (χ2v) is 7.30. The summed E-state index contributed by atoms with van der Waals surface area (Å²) in [6.45, 7) is 6.47. The second-order valence-electron chi connectivity index (χ2n) is 7.30. The lowest BCUT2D eigenvalue weighted by Gasteiger charge is -2.47. The minimum Gasteiger partial charge on any atom is -0.342 e. The van der Waals surface area contributed by atoms with Crippen LogP contribution in [0.3, 0.4) is 0 Å². The van der Waals surface area contributed by atoms with Crippen LogP contribution in [0.5, 0.6) is 0 Å². The van der Waals surface area contributed by atoms with Crippen molar-refractivity contribution in [1.29, 1.82) is 0 Å². The molecule has 2 heterocycles. The van der Waals surface area contributed by atoms with Gasteiger partial charge in [-0.05, 0) is 44.6 Å². The molecular weight excluding hydrogens is 316 g/mol. The van der Waals surface area contributed by atoms with Crippen molar-refractivity contribution in [2.75, 3.05) is 26.2 Å². The van der Waals surface area contributed by atoms with Crippen LogP contribution in [0.2, 0.25) is 0 Å². The van der Waals surface area contributed by atoms with Gasteiger partial charge in [0, 0.05) is 38.2 Å². The Labute approximate surface area is 149 Å². The molecule has 0 bridgehead atoms. The first-order chi connectivity index (χ1) is 12.0. The molecule has 0 unspecified atom stereocenters. The van der Waals surface area contributed by atoms with Crippen LogP contribution >= 0.6 is 0 Å². The molecule has 134 valence electrons. The molecule has 0 saturated carbocycles. The van der Waals surface area contributed by atoms with Gasteiger partial charge in [-0.2, -0.15) is 0 Å². The van der Waals surface area contributed by atoms with Gasteiger partial charge in [-0.25, -0.2) is 0 Å². The number of amides is 2. The minimum atomic E-state index is -0.0817. The summed E-state index contributed by atoms with van der Waals surface area (Å²) < 4.78 is 0. The fourth-order valence-corrected chi connectivity index (χ4v) is 4.13. The maximum Gasteiger partial charge on any atom is 0.254 e. The first kappa shape index (κ1) is 17.6. The average Bonchev–Trinajstić information content (AvgIpc) is 2.64. The van der Waals surface area contributed by atoms with Crippen LogP contribution < -0.4 is 0 Å². The Morgan fingerprint density at radius 2 is 1.72 bits per heavy atom. The molecule has 0 aliphatic carbocycles. The quantitative estimate of drug-likeness (QED) is 0.794. The number of piperidine rings is 2. The third-order valence-corrected chi connectivity index (χ3v) is 5.78. The minimum absolute atomic E-state index is 0.0557. The van der Waals surface area contributed by atoms with Gasteiger partial charge in [0.25, 0.3) is 5.91 Å². The van der Waals surface area contributed by atoms with Gasteiger partial charge in [0.15, 0.2) is 5.78 Å². The first-order valence-corrected chi connectivity index (χ1v) is 9.13. The van der Waals surface area contributed by atoms with Crippen LogP contribution in [0, 0.1) is 5.41 Å². The lowest BCUT2D eigenvalue weighted by atomic mass is 9.72. The lowest BCUT2D eigenvalue weighted by molar-refractivity contribution is -0.138. The van der Waals surface area contributed by atoms with Crippen molar-refractivity contribution in [2.45, 2.75) is 39.5 Å². The van der Waals surface area contributed by atoms with E-state index in [0.29, 0.717) is 30.6 Å². The molecule has 2 fully saturated rings. The Balaban J connectivity index is 1.70. The molecule has 0 radical (unpaired) electrons. The maximum absolute atomic E-state index is 12.9. The van der Waals surface area contributed by atoms with Crippen LogP contribution in [-0.4, -0.2) is 53.6 Å².